The maximum Gasteiger partial charge on any atom is 0.323 e. The molecule has 0 unspecified atom stereocenters. The summed E-state index contributed by atoms with van der Waals surface area (Å²) in [6.45, 7) is 13.2. The highest BCUT2D eigenvalue weighted by molar-refractivity contribution is 7.87. The van der Waals surface area contributed by atoms with Crippen LogP contribution in [0, 0.1) is 55.4 Å². The summed E-state index contributed by atoms with van der Waals surface area (Å²) >= 11 is 0. The Hall–Kier alpha value is -8.10. The van der Waals surface area contributed by atoms with Gasteiger partial charge in [-0.1, -0.05) is 18.2 Å². The lowest BCUT2D eigenvalue weighted by Crippen LogP contribution is -2.21. The van der Waals surface area contributed by atoms with Crippen molar-refractivity contribution in [3.8, 4) is 22.5 Å². The second-order valence-corrected chi connectivity index (χ2v) is 25.9. The highest BCUT2D eigenvalue weighted by Crippen LogP contribution is 2.46. The molecule has 4 amide bonds. The molecule has 10 N–H and O–H groups in total. The number of anilines is 6. The average Bonchev–Trinajstić information content (AvgIpc) is 3.22. The number of nitrogens with one attached hydrogen (secondary N) is 5. The second kappa shape index (κ2) is 21.7. The number of nitrogens with zero attached hydrogens (tertiary/aromatic N) is 1. The lowest BCUT2D eigenvalue weighted by Gasteiger charge is -2.23. The monoisotopic (exact) mass is 1220 g/mol. The number of benzene rings is 7. The van der Waals surface area contributed by atoms with E-state index in [-0.39, 0.29) is 56.2 Å². The summed E-state index contributed by atoms with van der Waals surface area (Å²) in [5.74, 6) is -0.227. The van der Waals surface area contributed by atoms with Crippen molar-refractivity contribution in [3.63, 3.8) is 0 Å². The van der Waals surface area contributed by atoms with Crippen molar-refractivity contribution < 1.29 is 78.9 Å². The lowest BCUT2D eigenvalue weighted by atomic mass is 9.93. The van der Waals surface area contributed by atoms with Crippen LogP contribution in [0.25, 0.3) is 33.4 Å². The van der Waals surface area contributed by atoms with Crippen molar-refractivity contribution >= 4 is 113 Å². The van der Waals surface area contributed by atoms with Crippen LogP contribution in [0.5, 0.6) is 0 Å². The molecular formula is C53H50N6O18S5. The van der Waals surface area contributed by atoms with Gasteiger partial charge in [-0.05, 0) is 167 Å². The molecule has 0 fully saturated rings. The Morgan fingerprint density at radius 3 is 1.30 bits per heavy atom. The van der Waals surface area contributed by atoms with Gasteiger partial charge in [0.05, 0.1) is 26.5 Å². The van der Waals surface area contributed by atoms with E-state index in [0.717, 1.165) is 48.5 Å². The van der Waals surface area contributed by atoms with E-state index in [0.29, 0.717) is 61.6 Å². The SMILES string of the molecule is Cc1c(C)c(NC(=O)Nc2ccc(S(=O)(=O)O)cc2)c(C)c(C)c1N=c1cc2oc3cc(Nc4c(C)c(C)c(NC(=O)Nc5ccc(S(=O)(=O)O)cc5)c(C)c4C)c(S(=O)(=O)O)cc3c(-c3ccccc3S(=O)(=O)O)c-2cc1S(=O)(=O)O. The molecule has 430 valence electrons. The number of fused-ring (bicyclic) bond motifs is 2. The van der Waals surface area contributed by atoms with Gasteiger partial charge in [-0.25, -0.2) is 14.6 Å². The normalized spacial score (nSPS) is 12.6. The summed E-state index contributed by atoms with van der Waals surface area (Å²) in [4.78, 5) is 28.1. The Morgan fingerprint density at radius 2 is 0.866 bits per heavy atom. The van der Waals surface area contributed by atoms with E-state index >= 15 is 0 Å². The number of hydrogen-bond donors (Lipinski definition) is 10. The Labute approximate surface area is 470 Å². The fourth-order valence-electron chi connectivity index (χ4n) is 9.29. The van der Waals surface area contributed by atoms with Gasteiger partial charge in [0.1, 0.15) is 26.0 Å². The van der Waals surface area contributed by atoms with Gasteiger partial charge in [-0.3, -0.25) is 22.8 Å². The number of amides is 4. The zero-order valence-corrected chi connectivity index (χ0v) is 48.4. The predicted molar refractivity (Wildman–Crippen MR) is 305 cm³/mol. The van der Waals surface area contributed by atoms with Crippen LogP contribution >= 0.6 is 0 Å². The molecule has 6 aromatic carbocycles. The fourth-order valence-corrected chi connectivity index (χ4v) is 12.2. The molecule has 0 saturated carbocycles. The largest absolute Gasteiger partial charge is 0.456 e. The molecule has 0 spiro atoms. The molecule has 1 aliphatic heterocycles. The smallest absolute Gasteiger partial charge is 0.323 e. The molecule has 0 radical (unpaired) electrons. The fraction of sp³-hybridized carbons (Fsp3) is 0.151. The van der Waals surface area contributed by atoms with E-state index in [1.165, 1.54) is 48.5 Å². The van der Waals surface area contributed by atoms with E-state index < -0.39 is 92.5 Å². The van der Waals surface area contributed by atoms with Crippen molar-refractivity contribution in [3.05, 3.63) is 147 Å². The van der Waals surface area contributed by atoms with Gasteiger partial charge in [0.15, 0.2) is 0 Å². The van der Waals surface area contributed by atoms with Crippen molar-refractivity contribution in [2.24, 2.45) is 4.99 Å². The molecule has 82 heavy (non-hydrogen) atoms. The molecule has 24 nitrogen and oxygen atoms in total. The van der Waals surface area contributed by atoms with Crippen molar-refractivity contribution in [2.75, 3.05) is 26.6 Å². The number of urea groups is 2. The van der Waals surface area contributed by atoms with Crippen LogP contribution in [0.15, 0.2) is 131 Å². The van der Waals surface area contributed by atoms with Crippen molar-refractivity contribution in [1.29, 1.82) is 0 Å². The summed E-state index contributed by atoms with van der Waals surface area (Å²) in [6.07, 6.45) is 0. The van der Waals surface area contributed by atoms with E-state index in [4.69, 9.17) is 9.41 Å². The Kier molecular flexibility index (Phi) is 15.9. The van der Waals surface area contributed by atoms with Crippen LogP contribution in [0.4, 0.5) is 49.4 Å². The third-order valence-corrected chi connectivity index (χ3v) is 18.3. The van der Waals surface area contributed by atoms with Gasteiger partial charge in [-0.15, -0.1) is 0 Å². The number of carbonyl (C=O) groups excluding carboxylic acids is 2. The zero-order chi connectivity index (χ0) is 60.5. The first kappa shape index (κ1) is 60.0. The maximum absolute atomic E-state index is 13.5. The molecule has 0 bridgehead atoms. The quantitative estimate of drug-likeness (QED) is 0.0379. The van der Waals surface area contributed by atoms with Gasteiger partial charge < -0.3 is 31.0 Å². The van der Waals surface area contributed by atoms with Gasteiger partial charge >= 0.3 is 12.1 Å². The molecule has 29 heteroatoms. The standard InChI is InChI=1S/C53H50N6O18S5/c1-25-29(5)50(58-52(60)54-33-13-17-35(18-14-33)78(62,63)64)30(6)26(2)48(25)56-40-23-42-38(21-45(40)81(71,72)73)47(37-11-9-10-12-44(37)80(68,69)70)39-22-46(82(74,75)76)41(24-43(39)77-42)57-49-27(3)31(7)51(32(8)28(49)4)59-53(61)55-34-15-19-36(20-16-34)79(65,66)67/h9-24,56H,1-8H3,(H2,54,58,60)(H2,55,59,61)(H,62,63,64)(H,65,66,67)(H,68,69,70)(H,71,72,73)(H,74,75,76). The summed E-state index contributed by atoms with van der Waals surface area (Å²) in [5.41, 5.74) is 3.85. The summed E-state index contributed by atoms with van der Waals surface area (Å²) in [5, 5.41) is 13.1. The average molecular weight is 1220 g/mol. The number of hydrogen-bond acceptors (Lipinski definition) is 15. The molecule has 6 aromatic rings. The summed E-state index contributed by atoms with van der Waals surface area (Å²) < 4.78 is 183. The molecule has 1 heterocycles. The van der Waals surface area contributed by atoms with E-state index in [1.807, 2.05) is 0 Å². The van der Waals surface area contributed by atoms with Crippen LogP contribution in [-0.2, 0) is 50.6 Å². The van der Waals surface area contributed by atoms with E-state index in [9.17, 15) is 74.4 Å². The third kappa shape index (κ3) is 12.1. The minimum Gasteiger partial charge on any atom is -0.456 e. The minimum absolute atomic E-state index is 0.179. The van der Waals surface area contributed by atoms with Crippen LogP contribution in [0.1, 0.15) is 44.5 Å². The molecule has 8 rings (SSSR count). The first-order valence-electron chi connectivity index (χ1n) is 23.9. The Bertz CT molecular complexity index is 4620. The van der Waals surface area contributed by atoms with Crippen molar-refractivity contribution in [1.82, 2.24) is 0 Å². The molecule has 0 atom stereocenters. The first-order chi connectivity index (χ1) is 37.9. The number of carbonyl (C=O) groups is 2. The molecule has 0 saturated heterocycles. The van der Waals surface area contributed by atoms with Crippen LogP contribution < -0.4 is 31.9 Å². The summed E-state index contributed by atoms with van der Waals surface area (Å²) in [7, 11) is -24.6. The highest BCUT2D eigenvalue weighted by atomic mass is 32.2. The predicted octanol–water partition coefficient (Wildman–Crippen LogP) is 10.2. The molecular weight excluding hydrogens is 1170 g/mol. The number of rotatable bonds is 13. The minimum atomic E-state index is -5.28. The Balaban J connectivity index is 1.30. The second-order valence-electron chi connectivity index (χ2n) is 18.9. The Morgan fingerprint density at radius 1 is 0.439 bits per heavy atom. The zero-order valence-electron chi connectivity index (χ0n) is 44.3. The van der Waals surface area contributed by atoms with Crippen LogP contribution in [-0.4, -0.2) is 76.9 Å². The first-order valence-corrected chi connectivity index (χ1v) is 31.1. The van der Waals surface area contributed by atoms with Gasteiger partial charge in [0.25, 0.3) is 50.6 Å². The molecule has 1 aliphatic carbocycles. The lowest BCUT2D eigenvalue weighted by molar-refractivity contribution is 0.261. The maximum atomic E-state index is 13.5. The van der Waals surface area contributed by atoms with E-state index in [2.05, 4.69) is 26.6 Å². The van der Waals surface area contributed by atoms with E-state index in [1.54, 1.807) is 55.4 Å². The van der Waals surface area contributed by atoms with Gasteiger partial charge in [0.2, 0.25) is 0 Å². The highest BCUT2D eigenvalue weighted by Gasteiger charge is 2.30. The van der Waals surface area contributed by atoms with Gasteiger partial charge in [-0.2, -0.15) is 42.1 Å². The topological polar surface area (TPSA) is 392 Å². The molecule has 0 aromatic heterocycles. The third-order valence-electron chi connectivity index (χ3n) is 13.9. The van der Waals surface area contributed by atoms with Crippen LogP contribution in [0.2, 0.25) is 0 Å². The molecule has 2 aliphatic rings. The van der Waals surface area contributed by atoms with Gasteiger partial charge in [0, 0.05) is 62.6 Å². The summed E-state index contributed by atoms with van der Waals surface area (Å²) in [6, 6.07) is 17.0. The van der Waals surface area contributed by atoms with Crippen molar-refractivity contribution in [2.45, 2.75) is 79.9 Å². The van der Waals surface area contributed by atoms with Crippen LogP contribution in [0.3, 0.4) is 0 Å².